The van der Waals surface area contributed by atoms with Crippen LogP contribution in [0.25, 0.3) is 0 Å². The Morgan fingerprint density at radius 2 is 1.76 bits per heavy atom. The second kappa shape index (κ2) is 9.21. The van der Waals surface area contributed by atoms with Gasteiger partial charge < -0.3 is 5.32 Å². The summed E-state index contributed by atoms with van der Waals surface area (Å²) in [6.45, 7) is 7.02. The minimum Gasteiger partial charge on any atom is -0.314 e. The lowest BCUT2D eigenvalue weighted by Crippen LogP contribution is -2.31. The molecule has 0 aliphatic carbocycles. The van der Waals surface area contributed by atoms with Crippen molar-refractivity contribution in [3.8, 4) is 0 Å². The summed E-state index contributed by atoms with van der Waals surface area (Å²) in [6, 6.07) is 10.7. The minimum atomic E-state index is -2.89. The van der Waals surface area contributed by atoms with Crippen molar-refractivity contribution in [2.75, 3.05) is 18.1 Å². The molecule has 21 heavy (non-hydrogen) atoms. The number of sulfone groups is 1. The van der Waals surface area contributed by atoms with E-state index in [0.29, 0.717) is 29.9 Å². The van der Waals surface area contributed by atoms with Crippen molar-refractivity contribution in [2.24, 2.45) is 5.92 Å². The zero-order chi connectivity index (χ0) is 15.7. The Labute approximate surface area is 130 Å². The molecular formula is C17H29NO2S. The van der Waals surface area contributed by atoms with Gasteiger partial charge in [0.05, 0.1) is 5.75 Å². The Morgan fingerprint density at radius 1 is 1.10 bits per heavy atom. The summed E-state index contributed by atoms with van der Waals surface area (Å²) in [5.41, 5.74) is 1.28. The van der Waals surface area contributed by atoms with Crippen molar-refractivity contribution in [3.63, 3.8) is 0 Å². The second-order valence-corrected chi connectivity index (χ2v) is 8.36. The molecule has 0 amide bonds. The fraction of sp³-hybridized carbons (Fsp3) is 0.647. The van der Waals surface area contributed by atoms with Gasteiger partial charge in [-0.1, -0.05) is 51.1 Å². The zero-order valence-corrected chi connectivity index (χ0v) is 14.3. The van der Waals surface area contributed by atoms with Crippen LogP contribution in [-0.4, -0.2) is 32.5 Å². The maximum Gasteiger partial charge on any atom is 0.150 e. The predicted octanol–water partition coefficient (Wildman–Crippen LogP) is 3.06. The van der Waals surface area contributed by atoms with Crippen LogP contribution in [0.1, 0.15) is 39.2 Å². The first-order chi connectivity index (χ1) is 9.93. The lowest BCUT2D eigenvalue weighted by Gasteiger charge is -2.19. The average Bonchev–Trinajstić information content (AvgIpc) is 2.43. The molecule has 0 aromatic heterocycles. The van der Waals surface area contributed by atoms with E-state index in [1.807, 2.05) is 25.1 Å². The Kier molecular flexibility index (Phi) is 7.97. The van der Waals surface area contributed by atoms with Crippen LogP contribution in [-0.2, 0) is 16.3 Å². The topological polar surface area (TPSA) is 46.2 Å². The van der Waals surface area contributed by atoms with Crippen LogP contribution in [0, 0.1) is 5.92 Å². The zero-order valence-electron chi connectivity index (χ0n) is 13.5. The molecule has 0 spiro atoms. The van der Waals surface area contributed by atoms with Crippen LogP contribution in [0.2, 0.25) is 0 Å². The molecule has 0 radical (unpaired) electrons. The molecule has 4 heteroatoms. The summed E-state index contributed by atoms with van der Waals surface area (Å²) in [4.78, 5) is 0. The van der Waals surface area contributed by atoms with Crippen molar-refractivity contribution < 1.29 is 8.42 Å². The molecule has 3 nitrogen and oxygen atoms in total. The molecule has 1 unspecified atom stereocenters. The smallest absolute Gasteiger partial charge is 0.150 e. The van der Waals surface area contributed by atoms with E-state index < -0.39 is 9.84 Å². The number of rotatable bonds is 10. The van der Waals surface area contributed by atoms with Gasteiger partial charge in [-0.2, -0.15) is 0 Å². The van der Waals surface area contributed by atoms with Gasteiger partial charge in [-0.25, -0.2) is 8.42 Å². The first kappa shape index (κ1) is 18.2. The van der Waals surface area contributed by atoms with Gasteiger partial charge in [0.2, 0.25) is 0 Å². The molecule has 0 saturated heterocycles. The number of hydrogen-bond donors (Lipinski definition) is 1. The Balaban J connectivity index is 2.60. The molecule has 1 rings (SSSR count). The Bertz CT molecular complexity index is 483. The lowest BCUT2D eigenvalue weighted by atomic mass is 9.96. The summed E-state index contributed by atoms with van der Waals surface area (Å²) >= 11 is 0. The van der Waals surface area contributed by atoms with E-state index in [9.17, 15) is 8.42 Å². The molecule has 0 saturated carbocycles. The molecule has 0 heterocycles. The molecule has 120 valence electrons. The summed E-state index contributed by atoms with van der Waals surface area (Å²) in [5, 5.41) is 3.44. The van der Waals surface area contributed by atoms with Gasteiger partial charge in [-0.3, -0.25) is 0 Å². The third-order valence-electron chi connectivity index (χ3n) is 3.53. The Morgan fingerprint density at radius 3 is 2.33 bits per heavy atom. The molecule has 0 bridgehead atoms. The summed E-state index contributed by atoms with van der Waals surface area (Å²) < 4.78 is 23.8. The van der Waals surface area contributed by atoms with E-state index in [1.54, 1.807) is 0 Å². The molecule has 1 N–H and O–H groups in total. The number of benzene rings is 1. The first-order valence-electron chi connectivity index (χ1n) is 7.90. The van der Waals surface area contributed by atoms with Crippen molar-refractivity contribution in [3.05, 3.63) is 35.9 Å². The van der Waals surface area contributed by atoms with Gasteiger partial charge in [-0.05, 0) is 37.3 Å². The van der Waals surface area contributed by atoms with Crippen LogP contribution in [0.4, 0.5) is 0 Å². The van der Waals surface area contributed by atoms with Crippen LogP contribution in [0.3, 0.4) is 0 Å². The summed E-state index contributed by atoms with van der Waals surface area (Å²) in [5.74, 6) is 0.974. The van der Waals surface area contributed by atoms with Crippen LogP contribution >= 0.6 is 0 Å². The molecular weight excluding hydrogens is 282 g/mol. The monoisotopic (exact) mass is 311 g/mol. The van der Waals surface area contributed by atoms with Gasteiger partial charge in [0.25, 0.3) is 0 Å². The molecule has 0 aliphatic heterocycles. The lowest BCUT2D eigenvalue weighted by molar-refractivity contribution is 0.435. The molecule has 0 aliphatic rings. The molecule has 1 atom stereocenters. The third kappa shape index (κ3) is 8.22. The predicted molar refractivity (Wildman–Crippen MR) is 90.3 cm³/mol. The van der Waals surface area contributed by atoms with Crippen molar-refractivity contribution in [1.29, 1.82) is 0 Å². The average molecular weight is 311 g/mol. The molecule has 0 fully saturated rings. The first-order valence-corrected chi connectivity index (χ1v) is 9.73. The summed E-state index contributed by atoms with van der Waals surface area (Å²) in [7, 11) is -2.89. The van der Waals surface area contributed by atoms with Crippen molar-refractivity contribution in [2.45, 2.75) is 46.1 Å². The van der Waals surface area contributed by atoms with Crippen LogP contribution < -0.4 is 5.32 Å². The van der Waals surface area contributed by atoms with E-state index >= 15 is 0 Å². The summed E-state index contributed by atoms with van der Waals surface area (Å²) in [6.07, 6.45) is 2.37. The quantitative estimate of drug-likeness (QED) is 0.722. The maximum atomic E-state index is 11.9. The van der Waals surface area contributed by atoms with E-state index in [2.05, 4.69) is 31.3 Å². The van der Waals surface area contributed by atoms with E-state index in [1.165, 1.54) is 5.56 Å². The van der Waals surface area contributed by atoms with Crippen molar-refractivity contribution in [1.82, 2.24) is 5.32 Å². The third-order valence-corrected chi connectivity index (χ3v) is 5.42. The van der Waals surface area contributed by atoms with Gasteiger partial charge >= 0.3 is 0 Å². The highest BCUT2D eigenvalue weighted by Gasteiger charge is 2.16. The fourth-order valence-electron chi connectivity index (χ4n) is 2.39. The van der Waals surface area contributed by atoms with E-state index in [0.717, 1.165) is 19.4 Å². The van der Waals surface area contributed by atoms with E-state index in [4.69, 9.17) is 0 Å². The van der Waals surface area contributed by atoms with Crippen LogP contribution in [0.5, 0.6) is 0 Å². The highest BCUT2D eigenvalue weighted by atomic mass is 32.2. The minimum absolute atomic E-state index is 0.304. The second-order valence-electron chi connectivity index (χ2n) is 6.06. The normalized spacial score (nSPS) is 13.5. The SMILES string of the molecule is CCCS(=O)(=O)CCC(CNC(C)C)Cc1ccccc1. The Hall–Kier alpha value is -0.870. The molecule has 1 aromatic carbocycles. The standard InChI is InChI=1S/C17H29NO2S/c1-4-11-21(19,20)12-10-17(14-18-15(2)3)13-16-8-6-5-7-9-16/h5-9,15,17-18H,4,10-14H2,1-3H3. The van der Waals surface area contributed by atoms with Gasteiger partial charge in [0.1, 0.15) is 9.84 Å². The van der Waals surface area contributed by atoms with Gasteiger partial charge in [0, 0.05) is 11.8 Å². The van der Waals surface area contributed by atoms with Crippen molar-refractivity contribution >= 4 is 9.84 Å². The highest BCUT2D eigenvalue weighted by Crippen LogP contribution is 2.14. The highest BCUT2D eigenvalue weighted by molar-refractivity contribution is 7.91. The van der Waals surface area contributed by atoms with Gasteiger partial charge in [-0.15, -0.1) is 0 Å². The number of hydrogen-bond acceptors (Lipinski definition) is 3. The molecule has 1 aromatic rings. The number of nitrogens with one attached hydrogen (secondary N) is 1. The fourth-order valence-corrected chi connectivity index (χ4v) is 3.90. The maximum absolute atomic E-state index is 11.9. The van der Waals surface area contributed by atoms with E-state index in [-0.39, 0.29) is 0 Å². The van der Waals surface area contributed by atoms with Crippen LogP contribution in [0.15, 0.2) is 30.3 Å². The largest absolute Gasteiger partial charge is 0.314 e. The van der Waals surface area contributed by atoms with Gasteiger partial charge in [0.15, 0.2) is 0 Å².